The molecule has 0 spiro atoms. The first-order chi connectivity index (χ1) is 14.8. The van der Waals surface area contributed by atoms with E-state index in [4.69, 9.17) is 32.1 Å². The second kappa shape index (κ2) is 8.58. The third-order valence-corrected chi connectivity index (χ3v) is 6.49. The highest BCUT2D eigenvalue weighted by Crippen LogP contribution is 2.43. The largest absolute Gasteiger partial charge is 0.504 e. The van der Waals surface area contributed by atoms with Crippen LogP contribution < -0.4 is 27.3 Å². The zero-order valence-corrected chi connectivity index (χ0v) is 18.5. The maximum atomic E-state index is 10.6. The second-order valence-corrected chi connectivity index (χ2v) is 8.88. The number of nitrogens with zero attached hydrogens (tertiary/aromatic N) is 4. The monoisotopic (exact) mass is 427 g/mol. The molecule has 3 atom stereocenters. The number of aromatic hydroxyl groups is 1. The Kier molecular flexibility index (Phi) is 6.02. The first-order valence-electron chi connectivity index (χ1n) is 10.9. The topological polar surface area (TPSA) is 140 Å². The van der Waals surface area contributed by atoms with E-state index >= 15 is 0 Å². The average Bonchev–Trinajstić information content (AvgIpc) is 3.00. The number of ether oxygens (including phenoxy) is 1. The molecule has 0 radical (unpaired) electrons. The molecular formula is C22H33N7O2. The number of phenolic OH excluding ortho intramolecular Hbond substituents is 1. The van der Waals surface area contributed by atoms with Crippen molar-refractivity contribution in [3.63, 3.8) is 0 Å². The lowest BCUT2D eigenvalue weighted by Crippen LogP contribution is -2.50. The number of anilines is 1. The van der Waals surface area contributed by atoms with E-state index in [0.717, 1.165) is 42.9 Å². The molecule has 4 rings (SSSR count). The Morgan fingerprint density at radius 2 is 1.94 bits per heavy atom. The molecule has 1 saturated carbocycles. The van der Waals surface area contributed by atoms with Crippen molar-refractivity contribution in [2.75, 3.05) is 12.2 Å². The van der Waals surface area contributed by atoms with Crippen LogP contribution in [-0.4, -0.2) is 33.3 Å². The zero-order chi connectivity index (χ0) is 22.3. The number of benzene rings is 1. The highest BCUT2D eigenvalue weighted by atomic mass is 16.5. The van der Waals surface area contributed by atoms with Crippen molar-refractivity contribution < 1.29 is 9.84 Å². The molecular weight excluding hydrogens is 394 g/mol. The summed E-state index contributed by atoms with van der Waals surface area (Å²) in [5.41, 5.74) is 9.40. The molecule has 0 saturated heterocycles. The smallest absolute Gasteiger partial charge is 0.161 e. The summed E-state index contributed by atoms with van der Waals surface area (Å²) in [4.78, 5) is 9.91. The summed E-state index contributed by atoms with van der Waals surface area (Å²) in [7, 11) is 1.53. The SMILES string of the molecule is COc1cccc(Cc2nc(C3CCCCC3N)nc3c2N(N)N(N)C3C(C)C)c1O. The minimum Gasteiger partial charge on any atom is -0.504 e. The molecule has 31 heavy (non-hydrogen) atoms. The predicted octanol–water partition coefficient (Wildman–Crippen LogP) is 2.25. The van der Waals surface area contributed by atoms with Crippen LogP contribution in [0.3, 0.4) is 0 Å². The molecule has 7 N–H and O–H groups in total. The van der Waals surface area contributed by atoms with Crippen molar-refractivity contribution in [1.29, 1.82) is 0 Å². The standard InChI is InChI=1S/C22H33N7O2/c1-12(2)19-18-20(29(25)28(19)24)16(11-13-7-6-10-17(31-3)21(13)30)26-22(27-18)14-8-4-5-9-15(14)23/h6-7,10,12,14-15,19,30H,4-5,8-9,11,23-25H2,1-3H3. The number of para-hydroxylation sites is 1. The third-order valence-electron chi connectivity index (χ3n) is 6.49. The van der Waals surface area contributed by atoms with Crippen molar-refractivity contribution in [2.24, 2.45) is 23.3 Å². The van der Waals surface area contributed by atoms with E-state index in [0.29, 0.717) is 23.4 Å². The van der Waals surface area contributed by atoms with Gasteiger partial charge in [0.1, 0.15) is 11.5 Å². The Hall–Kier alpha value is -2.46. The van der Waals surface area contributed by atoms with E-state index in [-0.39, 0.29) is 29.7 Å². The van der Waals surface area contributed by atoms with Gasteiger partial charge >= 0.3 is 0 Å². The number of fused-ring (bicyclic) bond motifs is 1. The molecule has 0 bridgehead atoms. The summed E-state index contributed by atoms with van der Waals surface area (Å²) in [6, 6.07) is 5.29. The van der Waals surface area contributed by atoms with E-state index in [1.165, 1.54) is 17.3 Å². The van der Waals surface area contributed by atoms with Crippen molar-refractivity contribution in [2.45, 2.75) is 64.0 Å². The first kappa shape index (κ1) is 21.8. The van der Waals surface area contributed by atoms with Gasteiger partial charge in [0.2, 0.25) is 0 Å². The Bertz CT molecular complexity index is 952. The summed E-state index contributed by atoms with van der Waals surface area (Å²) in [6.07, 6.45) is 4.56. The Morgan fingerprint density at radius 3 is 2.61 bits per heavy atom. The van der Waals surface area contributed by atoms with Gasteiger partial charge in [0.15, 0.2) is 11.5 Å². The predicted molar refractivity (Wildman–Crippen MR) is 119 cm³/mol. The number of rotatable bonds is 5. The molecule has 2 aromatic rings. The molecule has 0 amide bonds. The maximum Gasteiger partial charge on any atom is 0.161 e. The van der Waals surface area contributed by atoms with Crippen LogP contribution in [0.15, 0.2) is 18.2 Å². The summed E-state index contributed by atoms with van der Waals surface area (Å²) in [6.45, 7) is 4.18. The van der Waals surface area contributed by atoms with Gasteiger partial charge in [-0.05, 0) is 24.8 Å². The van der Waals surface area contributed by atoms with Gasteiger partial charge in [0.25, 0.3) is 0 Å². The van der Waals surface area contributed by atoms with Crippen molar-refractivity contribution in [3.8, 4) is 11.5 Å². The number of hydrogen-bond donors (Lipinski definition) is 4. The Morgan fingerprint density at radius 1 is 1.19 bits per heavy atom. The van der Waals surface area contributed by atoms with Crippen molar-refractivity contribution in [1.82, 2.24) is 15.1 Å². The number of phenols is 1. The van der Waals surface area contributed by atoms with E-state index in [1.54, 1.807) is 6.07 Å². The van der Waals surface area contributed by atoms with Crippen LogP contribution in [0.5, 0.6) is 11.5 Å². The lowest BCUT2D eigenvalue weighted by Gasteiger charge is -2.28. The summed E-state index contributed by atoms with van der Waals surface area (Å²) < 4.78 is 5.27. The molecule has 9 heteroatoms. The van der Waals surface area contributed by atoms with Crippen LogP contribution in [0.4, 0.5) is 5.69 Å². The lowest BCUT2D eigenvalue weighted by atomic mass is 9.84. The van der Waals surface area contributed by atoms with Crippen LogP contribution in [-0.2, 0) is 6.42 Å². The van der Waals surface area contributed by atoms with E-state index < -0.39 is 0 Å². The van der Waals surface area contributed by atoms with Gasteiger partial charge in [0.05, 0.1) is 24.5 Å². The normalized spacial score (nSPS) is 24.0. The van der Waals surface area contributed by atoms with E-state index in [1.807, 2.05) is 12.1 Å². The summed E-state index contributed by atoms with van der Waals surface area (Å²) in [5, 5.41) is 13.6. The fourth-order valence-corrected chi connectivity index (χ4v) is 4.82. The van der Waals surface area contributed by atoms with Gasteiger partial charge in [-0.15, -0.1) is 5.12 Å². The molecule has 9 nitrogen and oxygen atoms in total. The summed E-state index contributed by atoms with van der Waals surface area (Å²) in [5.74, 6) is 14.3. The second-order valence-electron chi connectivity index (χ2n) is 8.88. The fraction of sp³-hybridized carbons (Fsp3) is 0.545. The van der Waals surface area contributed by atoms with E-state index in [9.17, 15) is 5.11 Å². The summed E-state index contributed by atoms with van der Waals surface area (Å²) >= 11 is 0. The molecule has 3 unspecified atom stereocenters. The van der Waals surface area contributed by atoms with Gasteiger partial charge in [-0.1, -0.05) is 38.8 Å². The molecule has 1 aromatic heterocycles. The average molecular weight is 428 g/mol. The Balaban J connectivity index is 1.85. The minimum absolute atomic E-state index is 0.0340. The molecule has 1 aromatic carbocycles. The molecule has 1 aliphatic heterocycles. The highest BCUT2D eigenvalue weighted by molar-refractivity contribution is 5.60. The molecule has 1 aliphatic carbocycles. The zero-order valence-electron chi connectivity index (χ0n) is 18.5. The highest BCUT2D eigenvalue weighted by Gasteiger charge is 2.41. The molecule has 168 valence electrons. The van der Waals surface area contributed by atoms with Crippen LogP contribution in [0.2, 0.25) is 0 Å². The maximum absolute atomic E-state index is 10.6. The van der Waals surface area contributed by atoms with Gasteiger partial charge < -0.3 is 15.6 Å². The lowest BCUT2D eigenvalue weighted by molar-refractivity contribution is 0.160. The Labute approximate surface area is 183 Å². The number of nitrogens with two attached hydrogens (primary N) is 3. The van der Waals surface area contributed by atoms with Gasteiger partial charge in [-0.25, -0.2) is 26.8 Å². The number of aromatic nitrogens is 2. The number of hydrogen-bond acceptors (Lipinski definition) is 9. The quantitative estimate of drug-likeness (QED) is 0.529. The minimum atomic E-state index is -0.167. The first-order valence-corrected chi connectivity index (χ1v) is 10.9. The van der Waals surface area contributed by atoms with Crippen LogP contribution in [0.1, 0.15) is 74.3 Å². The number of methoxy groups -OCH3 is 1. The van der Waals surface area contributed by atoms with E-state index in [2.05, 4.69) is 13.8 Å². The van der Waals surface area contributed by atoms with Gasteiger partial charge in [-0.3, -0.25) is 0 Å². The van der Waals surface area contributed by atoms with Crippen molar-refractivity contribution in [3.05, 3.63) is 41.0 Å². The fourth-order valence-electron chi connectivity index (χ4n) is 4.82. The van der Waals surface area contributed by atoms with Crippen LogP contribution >= 0.6 is 0 Å². The van der Waals surface area contributed by atoms with Gasteiger partial charge in [0, 0.05) is 23.9 Å². The molecule has 2 heterocycles. The molecule has 2 aliphatic rings. The van der Waals surface area contributed by atoms with Crippen molar-refractivity contribution >= 4 is 5.69 Å². The van der Waals surface area contributed by atoms with Crippen LogP contribution in [0.25, 0.3) is 0 Å². The third kappa shape index (κ3) is 3.82. The van der Waals surface area contributed by atoms with Gasteiger partial charge in [-0.2, -0.15) is 0 Å². The molecule has 1 fully saturated rings. The van der Waals surface area contributed by atoms with Crippen LogP contribution in [0, 0.1) is 5.92 Å². The number of hydrazine groups is 3.